The molecule has 158 valence electrons. The van der Waals surface area contributed by atoms with Gasteiger partial charge < -0.3 is 10.5 Å². The van der Waals surface area contributed by atoms with Crippen LogP contribution in [0.25, 0.3) is 17.1 Å². The lowest BCUT2D eigenvalue weighted by molar-refractivity contribution is -0.124. The Bertz CT molecular complexity index is 1230. The Hall–Kier alpha value is -4.46. The van der Waals surface area contributed by atoms with E-state index in [4.69, 9.17) is 10.5 Å². The molecule has 0 aliphatic carbocycles. The number of fused-ring (bicyclic) bond motifs is 1. The molecule has 1 aromatic heterocycles. The molecule has 0 saturated heterocycles. The molecule has 0 saturated carbocycles. The number of nitrogens with two attached hydrogens (primary N) is 1. The van der Waals surface area contributed by atoms with Crippen molar-refractivity contribution in [3.05, 3.63) is 90.8 Å². The number of carbonyl (C=O) groups is 2. The van der Waals surface area contributed by atoms with Crippen LogP contribution in [0.15, 0.2) is 84.9 Å². The van der Waals surface area contributed by atoms with Crippen LogP contribution in [-0.4, -0.2) is 39.2 Å². The van der Waals surface area contributed by atoms with Crippen molar-refractivity contribution in [1.29, 1.82) is 0 Å². The Morgan fingerprint density at radius 3 is 2.28 bits per heavy atom. The van der Waals surface area contributed by atoms with E-state index in [1.54, 1.807) is 28.9 Å². The summed E-state index contributed by atoms with van der Waals surface area (Å²) < 4.78 is 7.30. The van der Waals surface area contributed by atoms with Crippen molar-refractivity contribution in [2.75, 3.05) is 11.4 Å². The van der Waals surface area contributed by atoms with Gasteiger partial charge in [0.2, 0.25) is 5.82 Å². The first-order valence-corrected chi connectivity index (χ1v) is 10.1. The average molecular weight is 425 g/mol. The maximum Gasteiger partial charge on any atom is 0.298 e. The molecule has 8 heteroatoms. The zero-order valence-corrected chi connectivity index (χ0v) is 17.0. The van der Waals surface area contributed by atoms with Gasteiger partial charge in [-0.25, -0.2) is 9.67 Å². The van der Waals surface area contributed by atoms with Gasteiger partial charge in [0.1, 0.15) is 5.75 Å². The van der Waals surface area contributed by atoms with Crippen molar-refractivity contribution >= 4 is 17.5 Å². The summed E-state index contributed by atoms with van der Waals surface area (Å²) in [5, 5.41) is 4.53. The molecule has 0 radical (unpaired) electrons. The fraction of sp³-hybridized carbons (Fsp3) is 0.0833. The summed E-state index contributed by atoms with van der Waals surface area (Å²) in [5.74, 6) is -0.147. The third kappa shape index (κ3) is 3.47. The molecule has 2 heterocycles. The van der Waals surface area contributed by atoms with Gasteiger partial charge in [0.15, 0.2) is 11.9 Å². The number of amides is 2. The smallest absolute Gasteiger partial charge is 0.298 e. The SMILES string of the molecule is NC(=O)[C@H]1CN(C(=O)c2nc(-c3ccccc3)n(-c3ccccc3)n2)c2ccccc2O1. The van der Waals surface area contributed by atoms with Gasteiger partial charge in [0, 0.05) is 5.56 Å². The number of nitrogens with zero attached hydrogens (tertiary/aromatic N) is 4. The predicted octanol–water partition coefficient (Wildman–Crippen LogP) is 2.83. The van der Waals surface area contributed by atoms with Gasteiger partial charge in [-0.1, -0.05) is 60.7 Å². The van der Waals surface area contributed by atoms with Crippen molar-refractivity contribution in [2.24, 2.45) is 5.73 Å². The van der Waals surface area contributed by atoms with Gasteiger partial charge in [-0.05, 0) is 24.3 Å². The lowest BCUT2D eigenvalue weighted by Crippen LogP contribution is -2.49. The van der Waals surface area contributed by atoms with E-state index >= 15 is 0 Å². The third-order valence-electron chi connectivity index (χ3n) is 5.17. The summed E-state index contributed by atoms with van der Waals surface area (Å²) in [4.78, 5) is 31.4. The second-order valence-electron chi connectivity index (χ2n) is 7.26. The average Bonchev–Trinajstić information content (AvgIpc) is 3.29. The zero-order valence-electron chi connectivity index (χ0n) is 17.0. The van der Waals surface area contributed by atoms with Gasteiger partial charge in [-0.15, -0.1) is 5.10 Å². The fourth-order valence-electron chi connectivity index (χ4n) is 3.62. The summed E-state index contributed by atoms with van der Waals surface area (Å²) in [6.45, 7) is -0.0221. The van der Waals surface area contributed by atoms with Crippen LogP contribution in [0.4, 0.5) is 5.69 Å². The molecule has 4 aromatic rings. The standard InChI is InChI=1S/C24H19N5O3/c25-21(30)20-15-28(18-13-7-8-14-19(18)32-20)24(31)22-26-23(16-9-3-1-4-10-16)29(27-22)17-11-5-2-6-12-17/h1-14,20H,15H2,(H2,25,30)/t20-/m1/s1. The van der Waals surface area contributed by atoms with E-state index < -0.39 is 17.9 Å². The summed E-state index contributed by atoms with van der Waals surface area (Å²) in [6.07, 6.45) is -0.960. The zero-order chi connectivity index (χ0) is 22.1. The monoisotopic (exact) mass is 425 g/mol. The number of anilines is 1. The first kappa shape index (κ1) is 19.5. The Kier molecular flexibility index (Phi) is 4.87. The molecule has 0 bridgehead atoms. The topological polar surface area (TPSA) is 103 Å². The summed E-state index contributed by atoms with van der Waals surface area (Å²) in [7, 11) is 0. The number of aromatic nitrogens is 3. The molecule has 2 N–H and O–H groups in total. The molecule has 3 aromatic carbocycles. The van der Waals surface area contributed by atoms with Gasteiger partial charge in [0.05, 0.1) is 17.9 Å². The number of ether oxygens (including phenoxy) is 1. The van der Waals surface area contributed by atoms with Crippen molar-refractivity contribution in [2.45, 2.75) is 6.10 Å². The summed E-state index contributed by atoms with van der Waals surface area (Å²) in [6, 6.07) is 26.0. The summed E-state index contributed by atoms with van der Waals surface area (Å²) in [5.41, 5.74) is 7.60. The van der Waals surface area contributed by atoms with E-state index in [-0.39, 0.29) is 12.4 Å². The number of hydrogen-bond donors (Lipinski definition) is 1. The first-order chi connectivity index (χ1) is 15.6. The van der Waals surface area contributed by atoms with Gasteiger partial charge >= 0.3 is 0 Å². The maximum atomic E-state index is 13.5. The van der Waals surface area contributed by atoms with Crippen LogP contribution in [0.2, 0.25) is 0 Å². The van der Waals surface area contributed by atoms with Gasteiger partial charge in [-0.2, -0.15) is 0 Å². The first-order valence-electron chi connectivity index (χ1n) is 10.1. The van der Waals surface area contributed by atoms with E-state index in [0.29, 0.717) is 17.3 Å². The second kappa shape index (κ2) is 7.99. The maximum absolute atomic E-state index is 13.5. The fourth-order valence-corrected chi connectivity index (χ4v) is 3.62. The predicted molar refractivity (Wildman–Crippen MR) is 119 cm³/mol. The van der Waals surface area contributed by atoms with Crippen molar-refractivity contribution in [3.63, 3.8) is 0 Å². The highest BCUT2D eigenvalue weighted by molar-refractivity contribution is 6.05. The number of para-hydroxylation sites is 3. The highest BCUT2D eigenvalue weighted by Gasteiger charge is 2.35. The molecule has 2 amide bonds. The number of rotatable bonds is 4. The molecule has 5 rings (SSSR count). The van der Waals surface area contributed by atoms with Crippen molar-refractivity contribution in [1.82, 2.24) is 14.8 Å². The van der Waals surface area contributed by atoms with E-state index in [2.05, 4.69) is 10.1 Å². The molecule has 0 fully saturated rings. The number of primary amides is 1. The van der Waals surface area contributed by atoms with E-state index in [9.17, 15) is 9.59 Å². The quantitative estimate of drug-likeness (QED) is 0.542. The molecule has 1 aliphatic heterocycles. The minimum Gasteiger partial charge on any atom is -0.477 e. The van der Waals surface area contributed by atoms with Crippen LogP contribution in [0, 0.1) is 0 Å². The molecule has 0 unspecified atom stereocenters. The summed E-state index contributed by atoms with van der Waals surface area (Å²) >= 11 is 0. The highest BCUT2D eigenvalue weighted by Crippen LogP contribution is 2.34. The Morgan fingerprint density at radius 1 is 0.906 bits per heavy atom. The molecule has 32 heavy (non-hydrogen) atoms. The van der Waals surface area contributed by atoms with Crippen LogP contribution in [0.3, 0.4) is 0 Å². The number of benzene rings is 3. The Labute approximate surface area is 183 Å². The minimum absolute atomic E-state index is 0.00706. The van der Waals surface area contributed by atoms with Crippen LogP contribution in [-0.2, 0) is 4.79 Å². The van der Waals surface area contributed by atoms with Gasteiger partial charge in [0.25, 0.3) is 11.8 Å². The highest BCUT2D eigenvalue weighted by atomic mass is 16.5. The molecule has 0 spiro atoms. The lowest BCUT2D eigenvalue weighted by atomic mass is 10.1. The molecule has 1 atom stereocenters. The lowest BCUT2D eigenvalue weighted by Gasteiger charge is -2.32. The van der Waals surface area contributed by atoms with Crippen LogP contribution in [0.1, 0.15) is 10.6 Å². The molecule has 8 nitrogen and oxygen atoms in total. The third-order valence-corrected chi connectivity index (χ3v) is 5.17. The van der Waals surface area contributed by atoms with Crippen molar-refractivity contribution in [3.8, 4) is 22.8 Å². The second-order valence-corrected chi connectivity index (χ2v) is 7.26. The van der Waals surface area contributed by atoms with Crippen LogP contribution < -0.4 is 15.4 Å². The number of hydrogen-bond acceptors (Lipinski definition) is 5. The number of carbonyl (C=O) groups excluding carboxylic acids is 2. The van der Waals surface area contributed by atoms with Gasteiger partial charge in [-0.3, -0.25) is 14.5 Å². The van der Waals surface area contributed by atoms with Crippen LogP contribution >= 0.6 is 0 Å². The molecular formula is C24H19N5O3. The normalized spacial score (nSPS) is 15.0. The minimum atomic E-state index is -0.960. The largest absolute Gasteiger partial charge is 0.477 e. The van der Waals surface area contributed by atoms with Crippen molar-refractivity contribution < 1.29 is 14.3 Å². The Morgan fingerprint density at radius 2 is 1.56 bits per heavy atom. The van der Waals surface area contributed by atoms with Crippen LogP contribution in [0.5, 0.6) is 5.75 Å². The Balaban J connectivity index is 1.60. The van der Waals surface area contributed by atoms with E-state index in [0.717, 1.165) is 11.3 Å². The molecular weight excluding hydrogens is 406 g/mol. The van der Waals surface area contributed by atoms with E-state index in [1.165, 1.54) is 4.90 Å². The molecule has 1 aliphatic rings. The van der Waals surface area contributed by atoms with E-state index in [1.807, 2.05) is 60.7 Å².